The van der Waals surface area contributed by atoms with Gasteiger partial charge < -0.3 is 9.88 Å². The minimum absolute atomic E-state index is 0.149. The quantitative estimate of drug-likeness (QED) is 0.630. The van der Waals surface area contributed by atoms with E-state index in [2.05, 4.69) is 9.97 Å². The van der Waals surface area contributed by atoms with Gasteiger partial charge in [0.15, 0.2) is 0 Å². The molecule has 1 fully saturated rings. The summed E-state index contributed by atoms with van der Waals surface area (Å²) >= 11 is 0. The van der Waals surface area contributed by atoms with Crippen molar-refractivity contribution >= 4 is 27.0 Å². The zero-order chi connectivity index (χ0) is 22.2. The second-order valence-corrected chi connectivity index (χ2v) is 9.77. The minimum atomic E-state index is -3.65. The number of sulfonamides is 1. The SMILES string of the molecule is CCN(CC)S(=O)(=O)c1cc(C(=O)N2CCCC2c2nc3ccccc3[nH]2)ccc1C. The van der Waals surface area contributed by atoms with Crippen molar-refractivity contribution in [1.82, 2.24) is 19.2 Å². The van der Waals surface area contributed by atoms with Crippen LogP contribution >= 0.6 is 0 Å². The largest absolute Gasteiger partial charge is 0.340 e. The Bertz CT molecular complexity index is 1180. The number of amides is 1. The number of carbonyl (C=O) groups is 1. The standard InChI is InChI=1S/C23H28N4O3S/c1-4-26(5-2)31(29,30)21-15-17(13-12-16(21)3)23(28)27-14-8-11-20(27)22-24-18-9-6-7-10-19(18)25-22/h6-7,9-10,12-13,15,20H,4-5,8,11,14H2,1-3H3,(H,24,25). The Morgan fingerprint density at radius 3 is 2.65 bits per heavy atom. The Morgan fingerprint density at radius 1 is 1.19 bits per heavy atom. The van der Waals surface area contributed by atoms with Gasteiger partial charge in [0.25, 0.3) is 5.91 Å². The van der Waals surface area contributed by atoms with E-state index in [0.29, 0.717) is 30.8 Å². The molecule has 1 amide bonds. The van der Waals surface area contributed by atoms with E-state index in [1.54, 1.807) is 24.0 Å². The molecule has 0 radical (unpaired) electrons. The van der Waals surface area contributed by atoms with Gasteiger partial charge in [-0.15, -0.1) is 0 Å². The van der Waals surface area contributed by atoms with Crippen molar-refractivity contribution in [3.8, 4) is 0 Å². The predicted molar refractivity (Wildman–Crippen MR) is 120 cm³/mol. The monoisotopic (exact) mass is 440 g/mol. The molecule has 31 heavy (non-hydrogen) atoms. The first-order valence-electron chi connectivity index (χ1n) is 10.7. The second-order valence-electron chi connectivity index (χ2n) is 7.87. The van der Waals surface area contributed by atoms with E-state index in [9.17, 15) is 13.2 Å². The molecule has 7 nitrogen and oxygen atoms in total. The van der Waals surface area contributed by atoms with E-state index in [0.717, 1.165) is 29.7 Å². The number of fused-ring (bicyclic) bond motifs is 1. The van der Waals surface area contributed by atoms with Crippen LogP contribution in [0, 0.1) is 6.92 Å². The molecule has 0 aliphatic carbocycles. The van der Waals surface area contributed by atoms with E-state index in [4.69, 9.17) is 0 Å². The molecule has 1 saturated heterocycles. The smallest absolute Gasteiger partial charge is 0.254 e. The average Bonchev–Trinajstić information content (AvgIpc) is 3.41. The lowest BCUT2D eigenvalue weighted by atomic mass is 10.1. The number of nitrogens with one attached hydrogen (secondary N) is 1. The third-order valence-electron chi connectivity index (χ3n) is 6.00. The molecule has 1 atom stereocenters. The molecule has 1 aliphatic heterocycles. The summed E-state index contributed by atoms with van der Waals surface area (Å²) in [6.07, 6.45) is 1.70. The first-order valence-corrected chi connectivity index (χ1v) is 12.2. The van der Waals surface area contributed by atoms with Crippen LogP contribution in [0.1, 0.15) is 54.5 Å². The van der Waals surface area contributed by atoms with Gasteiger partial charge in [0.2, 0.25) is 10.0 Å². The first-order chi connectivity index (χ1) is 14.9. The molecule has 1 unspecified atom stereocenters. The second kappa shape index (κ2) is 8.43. The number of benzene rings is 2. The zero-order valence-corrected chi connectivity index (χ0v) is 18.9. The molecule has 3 aromatic rings. The summed E-state index contributed by atoms with van der Waals surface area (Å²) in [6.45, 7) is 6.78. The van der Waals surface area contributed by atoms with Crippen LogP contribution in [0.15, 0.2) is 47.4 Å². The number of hydrogen-bond acceptors (Lipinski definition) is 4. The predicted octanol–water partition coefficient (Wildman–Crippen LogP) is 3.88. The highest BCUT2D eigenvalue weighted by Crippen LogP contribution is 2.33. The fourth-order valence-electron chi connectivity index (χ4n) is 4.30. The Morgan fingerprint density at radius 2 is 1.94 bits per heavy atom. The molecule has 2 aromatic carbocycles. The van der Waals surface area contributed by atoms with E-state index in [1.807, 2.05) is 38.1 Å². The molecule has 1 aromatic heterocycles. The van der Waals surface area contributed by atoms with Crippen molar-refractivity contribution in [3.05, 3.63) is 59.4 Å². The molecule has 4 rings (SSSR count). The summed E-state index contributed by atoms with van der Waals surface area (Å²) in [7, 11) is -3.65. The van der Waals surface area contributed by atoms with E-state index >= 15 is 0 Å². The summed E-state index contributed by atoms with van der Waals surface area (Å²) in [5.74, 6) is 0.606. The third-order valence-corrected chi connectivity index (χ3v) is 8.19. The number of rotatable bonds is 6. The van der Waals surface area contributed by atoms with Crippen molar-refractivity contribution < 1.29 is 13.2 Å². The lowest BCUT2D eigenvalue weighted by molar-refractivity contribution is 0.0730. The van der Waals surface area contributed by atoms with Crippen LogP contribution in [0.4, 0.5) is 0 Å². The molecule has 0 spiro atoms. The normalized spacial score (nSPS) is 17.0. The maximum atomic E-state index is 13.4. The maximum Gasteiger partial charge on any atom is 0.254 e. The van der Waals surface area contributed by atoms with E-state index in [1.165, 1.54) is 10.4 Å². The molecular formula is C23H28N4O3S. The number of nitrogens with zero attached hydrogens (tertiary/aromatic N) is 3. The van der Waals surface area contributed by atoms with Gasteiger partial charge in [0.05, 0.1) is 22.0 Å². The van der Waals surface area contributed by atoms with Crippen molar-refractivity contribution in [1.29, 1.82) is 0 Å². The molecule has 0 saturated carbocycles. The van der Waals surface area contributed by atoms with Gasteiger partial charge in [0.1, 0.15) is 5.82 Å². The van der Waals surface area contributed by atoms with Gasteiger partial charge in [-0.05, 0) is 49.6 Å². The van der Waals surface area contributed by atoms with Crippen molar-refractivity contribution in [2.75, 3.05) is 19.6 Å². The van der Waals surface area contributed by atoms with Gasteiger partial charge in [-0.25, -0.2) is 13.4 Å². The van der Waals surface area contributed by atoms with Crippen LogP contribution in [0.2, 0.25) is 0 Å². The minimum Gasteiger partial charge on any atom is -0.340 e. The van der Waals surface area contributed by atoms with Gasteiger partial charge in [-0.3, -0.25) is 4.79 Å². The number of hydrogen-bond donors (Lipinski definition) is 1. The summed E-state index contributed by atoms with van der Waals surface area (Å²) in [5, 5.41) is 0. The van der Waals surface area contributed by atoms with Crippen LogP contribution in [-0.2, 0) is 10.0 Å². The van der Waals surface area contributed by atoms with Crippen LogP contribution in [0.3, 0.4) is 0 Å². The number of aromatic nitrogens is 2. The van der Waals surface area contributed by atoms with Gasteiger partial charge in [-0.2, -0.15) is 4.31 Å². The Labute approximate surface area is 183 Å². The van der Waals surface area contributed by atoms with Gasteiger partial charge in [-0.1, -0.05) is 32.0 Å². The van der Waals surface area contributed by atoms with Crippen LogP contribution < -0.4 is 0 Å². The Kier molecular flexibility index (Phi) is 5.85. The zero-order valence-electron chi connectivity index (χ0n) is 18.1. The lowest BCUT2D eigenvalue weighted by Crippen LogP contribution is -2.33. The highest BCUT2D eigenvalue weighted by molar-refractivity contribution is 7.89. The number of aromatic amines is 1. The van der Waals surface area contributed by atoms with Crippen LogP contribution in [0.5, 0.6) is 0 Å². The highest BCUT2D eigenvalue weighted by atomic mass is 32.2. The number of aryl methyl sites for hydroxylation is 1. The Balaban J connectivity index is 1.67. The molecule has 1 N–H and O–H groups in total. The van der Waals surface area contributed by atoms with Crippen molar-refractivity contribution in [2.45, 2.75) is 44.6 Å². The van der Waals surface area contributed by atoms with Crippen molar-refractivity contribution in [2.24, 2.45) is 0 Å². The molecule has 0 bridgehead atoms. The van der Waals surface area contributed by atoms with E-state index in [-0.39, 0.29) is 16.8 Å². The number of carbonyl (C=O) groups excluding carboxylic acids is 1. The summed E-state index contributed by atoms with van der Waals surface area (Å²) in [4.78, 5) is 23.4. The van der Waals surface area contributed by atoms with Crippen LogP contribution in [-0.4, -0.2) is 53.1 Å². The fraction of sp³-hybridized carbons (Fsp3) is 0.391. The number of para-hydroxylation sites is 2. The number of H-pyrrole nitrogens is 1. The number of imidazole rings is 1. The first kappa shape index (κ1) is 21.5. The van der Waals surface area contributed by atoms with Gasteiger partial charge in [0, 0.05) is 25.2 Å². The van der Waals surface area contributed by atoms with E-state index < -0.39 is 10.0 Å². The summed E-state index contributed by atoms with van der Waals surface area (Å²) in [5.41, 5.74) is 2.84. The van der Waals surface area contributed by atoms with Crippen LogP contribution in [0.25, 0.3) is 11.0 Å². The average molecular weight is 441 g/mol. The topological polar surface area (TPSA) is 86.4 Å². The van der Waals surface area contributed by atoms with Crippen molar-refractivity contribution in [3.63, 3.8) is 0 Å². The lowest BCUT2D eigenvalue weighted by Gasteiger charge is -2.24. The summed E-state index contributed by atoms with van der Waals surface area (Å²) < 4.78 is 27.6. The maximum absolute atomic E-state index is 13.4. The van der Waals surface area contributed by atoms with Gasteiger partial charge >= 0.3 is 0 Å². The molecule has 1 aliphatic rings. The number of likely N-dealkylation sites (tertiary alicyclic amines) is 1. The molecular weight excluding hydrogens is 412 g/mol. The Hall–Kier alpha value is -2.71. The fourth-order valence-corrected chi connectivity index (χ4v) is 6.01. The molecule has 8 heteroatoms. The molecule has 2 heterocycles. The molecule has 164 valence electrons. The summed E-state index contributed by atoms with van der Waals surface area (Å²) in [6, 6.07) is 12.6. The highest BCUT2D eigenvalue weighted by Gasteiger charge is 2.33. The third kappa shape index (κ3) is 3.85.